The predicted molar refractivity (Wildman–Crippen MR) is 108 cm³/mol. The summed E-state index contributed by atoms with van der Waals surface area (Å²) in [5.74, 6) is 1.10. The first-order valence-electron chi connectivity index (χ1n) is 9.59. The number of carbonyl (C=O) groups excluding carboxylic acids is 1. The molecule has 2 heterocycles. The van der Waals surface area contributed by atoms with Crippen LogP contribution in [0.3, 0.4) is 0 Å². The molecule has 26 heavy (non-hydrogen) atoms. The molecule has 1 aromatic carbocycles. The van der Waals surface area contributed by atoms with Gasteiger partial charge < -0.3 is 14.5 Å². The summed E-state index contributed by atoms with van der Waals surface area (Å²) in [6.07, 6.45) is 3.93. The van der Waals surface area contributed by atoms with E-state index in [9.17, 15) is 4.79 Å². The molecule has 2 aliphatic rings. The fraction of sp³-hybridized carbons (Fsp3) is 0.650. The number of likely N-dealkylation sites (N-methyl/N-ethyl adjacent to an activating group) is 1. The van der Waals surface area contributed by atoms with Crippen LogP contribution in [0.2, 0.25) is 0 Å². The Balaban J connectivity index is 1.44. The summed E-state index contributed by atoms with van der Waals surface area (Å²) in [6.45, 7) is 6.14. The summed E-state index contributed by atoms with van der Waals surface area (Å²) in [4.78, 5) is 19.6. The second-order valence-corrected chi connectivity index (χ2v) is 8.30. The van der Waals surface area contributed by atoms with Crippen LogP contribution in [-0.4, -0.2) is 80.1 Å². The Morgan fingerprint density at radius 1 is 1.23 bits per heavy atom. The van der Waals surface area contributed by atoms with Gasteiger partial charge in [0, 0.05) is 45.2 Å². The van der Waals surface area contributed by atoms with Crippen molar-refractivity contribution >= 4 is 21.8 Å². The van der Waals surface area contributed by atoms with Gasteiger partial charge in [-0.2, -0.15) is 0 Å². The van der Waals surface area contributed by atoms with Crippen molar-refractivity contribution in [3.8, 4) is 5.75 Å². The first kappa shape index (κ1) is 19.6. The number of likely N-dealkylation sites (tertiary alicyclic amines) is 1. The lowest BCUT2D eigenvalue weighted by atomic mass is 10.0. The van der Waals surface area contributed by atoms with Gasteiger partial charge in [-0.1, -0.05) is 6.07 Å². The Morgan fingerprint density at radius 3 is 2.65 bits per heavy atom. The smallest absolute Gasteiger partial charge is 0.222 e. The van der Waals surface area contributed by atoms with E-state index in [2.05, 4.69) is 32.8 Å². The molecule has 1 unspecified atom stereocenters. The molecule has 6 heteroatoms. The molecule has 144 valence electrons. The maximum atomic E-state index is 12.6. The van der Waals surface area contributed by atoms with E-state index in [1.54, 1.807) is 7.11 Å². The van der Waals surface area contributed by atoms with E-state index in [-0.39, 0.29) is 5.91 Å². The monoisotopic (exact) mass is 423 g/mol. The van der Waals surface area contributed by atoms with E-state index in [4.69, 9.17) is 4.74 Å². The number of benzene rings is 1. The predicted octanol–water partition coefficient (Wildman–Crippen LogP) is 2.63. The largest absolute Gasteiger partial charge is 0.496 e. The molecule has 1 atom stereocenters. The highest BCUT2D eigenvalue weighted by Gasteiger charge is 2.28. The highest BCUT2D eigenvalue weighted by molar-refractivity contribution is 9.10. The van der Waals surface area contributed by atoms with Gasteiger partial charge in [0.25, 0.3) is 0 Å². The third kappa shape index (κ3) is 4.99. The van der Waals surface area contributed by atoms with Gasteiger partial charge in [-0.3, -0.25) is 9.69 Å². The molecule has 0 saturated carbocycles. The van der Waals surface area contributed by atoms with Crippen LogP contribution < -0.4 is 4.74 Å². The highest BCUT2D eigenvalue weighted by atomic mass is 79.9. The van der Waals surface area contributed by atoms with Crippen molar-refractivity contribution in [2.75, 3.05) is 53.4 Å². The number of amides is 1. The van der Waals surface area contributed by atoms with Gasteiger partial charge in [0.05, 0.1) is 11.6 Å². The molecule has 2 fully saturated rings. The fourth-order valence-electron chi connectivity index (χ4n) is 4.05. The zero-order valence-corrected chi connectivity index (χ0v) is 17.5. The number of carbonyl (C=O) groups is 1. The molecular formula is C20H30BrN3O2. The van der Waals surface area contributed by atoms with E-state index in [0.29, 0.717) is 12.5 Å². The van der Waals surface area contributed by atoms with Crippen molar-refractivity contribution in [3.63, 3.8) is 0 Å². The minimum Gasteiger partial charge on any atom is -0.496 e. The Labute approximate surface area is 165 Å². The Bertz CT molecular complexity index is 617. The quantitative estimate of drug-likeness (QED) is 0.728. The molecule has 0 aromatic heterocycles. The minimum atomic E-state index is 0.275. The van der Waals surface area contributed by atoms with E-state index in [0.717, 1.165) is 48.4 Å². The second kappa shape index (κ2) is 9.20. The fourth-order valence-corrected chi connectivity index (χ4v) is 4.64. The minimum absolute atomic E-state index is 0.275. The molecule has 1 amide bonds. The average Bonchev–Trinajstić information content (AvgIpc) is 2.66. The van der Waals surface area contributed by atoms with Crippen LogP contribution >= 0.6 is 15.9 Å². The van der Waals surface area contributed by atoms with Crippen LogP contribution in [-0.2, 0) is 11.2 Å². The summed E-state index contributed by atoms with van der Waals surface area (Å²) >= 11 is 3.51. The van der Waals surface area contributed by atoms with Crippen molar-refractivity contribution in [2.24, 2.45) is 0 Å². The van der Waals surface area contributed by atoms with Gasteiger partial charge in [0.2, 0.25) is 5.91 Å². The number of hydrogen-bond acceptors (Lipinski definition) is 4. The molecular weight excluding hydrogens is 394 g/mol. The lowest BCUT2D eigenvalue weighted by molar-refractivity contribution is -0.133. The van der Waals surface area contributed by atoms with Crippen molar-refractivity contribution in [1.29, 1.82) is 0 Å². The highest BCUT2D eigenvalue weighted by Crippen LogP contribution is 2.26. The molecule has 0 radical (unpaired) electrons. The number of piperazine rings is 1. The normalized spacial score (nSPS) is 22.4. The van der Waals surface area contributed by atoms with Crippen molar-refractivity contribution in [3.05, 3.63) is 28.2 Å². The van der Waals surface area contributed by atoms with Crippen LogP contribution in [0.25, 0.3) is 0 Å². The van der Waals surface area contributed by atoms with Crippen LogP contribution in [0.1, 0.15) is 24.8 Å². The molecule has 0 N–H and O–H groups in total. The third-order valence-corrected chi connectivity index (χ3v) is 6.25. The van der Waals surface area contributed by atoms with Crippen molar-refractivity contribution in [2.45, 2.75) is 31.7 Å². The maximum absolute atomic E-state index is 12.6. The van der Waals surface area contributed by atoms with Gasteiger partial charge in [-0.15, -0.1) is 0 Å². The number of halogens is 1. The molecule has 0 spiro atoms. The molecule has 3 rings (SSSR count). The van der Waals surface area contributed by atoms with Crippen LogP contribution in [0.4, 0.5) is 0 Å². The molecule has 0 aliphatic carbocycles. The summed E-state index contributed by atoms with van der Waals surface area (Å²) in [7, 11) is 3.87. The Kier molecular flexibility index (Phi) is 6.95. The Hall–Kier alpha value is -1.11. The van der Waals surface area contributed by atoms with Crippen LogP contribution in [0, 0.1) is 0 Å². The molecule has 2 aliphatic heterocycles. The number of ether oxygens (including phenoxy) is 1. The van der Waals surface area contributed by atoms with Gasteiger partial charge in [0.1, 0.15) is 5.75 Å². The second-order valence-electron chi connectivity index (χ2n) is 7.44. The summed E-state index contributed by atoms with van der Waals surface area (Å²) in [5, 5.41) is 0. The van der Waals surface area contributed by atoms with E-state index >= 15 is 0 Å². The average molecular weight is 424 g/mol. The summed E-state index contributed by atoms with van der Waals surface area (Å²) < 4.78 is 6.20. The summed E-state index contributed by atoms with van der Waals surface area (Å²) in [6, 6.07) is 6.70. The zero-order chi connectivity index (χ0) is 18.5. The standard InChI is InChI=1S/C20H30BrN3O2/c1-22-9-3-4-17(15-22)23-10-12-24(13-11-23)20(25)8-6-16-5-7-19(26-2)18(21)14-16/h5,7,14,17H,3-4,6,8-13,15H2,1-2H3. The topological polar surface area (TPSA) is 36.0 Å². The SMILES string of the molecule is COc1ccc(CCC(=O)N2CCN(C3CCCN(C)C3)CC2)cc1Br. The van der Waals surface area contributed by atoms with Crippen molar-refractivity contribution in [1.82, 2.24) is 14.7 Å². The molecule has 2 saturated heterocycles. The summed E-state index contributed by atoms with van der Waals surface area (Å²) in [5.41, 5.74) is 1.16. The number of aryl methyl sites for hydroxylation is 1. The van der Waals surface area contributed by atoms with Gasteiger partial charge in [-0.05, 0) is 66.5 Å². The third-order valence-electron chi connectivity index (χ3n) is 5.63. The zero-order valence-electron chi connectivity index (χ0n) is 15.9. The van der Waals surface area contributed by atoms with E-state index in [1.807, 2.05) is 23.1 Å². The van der Waals surface area contributed by atoms with Gasteiger partial charge in [-0.25, -0.2) is 0 Å². The van der Waals surface area contributed by atoms with Crippen molar-refractivity contribution < 1.29 is 9.53 Å². The first-order chi connectivity index (χ1) is 12.6. The van der Waals surface area contributed by atoms with Gasteiger partial charge >= 0.3 is 0 Å². The number of nitrogens with zero attached hydrogens (tertiary/aromatic N) is 3. The number of piperidine rings is 1. The lowest BCUT2D eigenvalue weighted by Gasteiger charge is -2.42. The molecule has 1 aromatic rings. The maximum Gasteiger partial charge on any atom is 0.222 e. The van der Waals surface area contributed by atoms with E-state index in [1.165, 1.54) is 25.9 Å². The van der Waals surface area contributed by atoms with Gasteiger partial charge in [0.15, 0.2) is 0 Å². The lowest BCUT2D eigenvalue weighted by Crippen LogP contribution is -2.55. The number of methoxy groups -OCH3 is 1. The number of hydrogen-bond donors (Lipinski definition) is 0. The molecule has 5 nitrogen and oxygen atoms in total. The molecule has 0 bridgehead atoms. The Morgan fingerprint density at radius 2 is 2.00 bits per heavy atom. The first-order valence-corrected chi connectivity index (χ1v) is 10.4. The van der Waals surface area contributed by atoms with Crippen LogP contribution in [0.15, 0.2) is 22.7 Å². The van der Waals surface area contributed by atoms with Crippen LogP contribution in [0.5, 0.6) is 5.75 Å². The van der Waals surface area contributed by atoms with E-state index < -0.39 is 0 Å². The number of rotatable bonds is 5.